The zero-order valence-corrected chi connectivity index (χ0v) is 19.2. The molecule has 1 aromatic carbocycles. The third-order valence-electron chi connectivity index (χ3n) is 5.67. The highest BCUT2D eigenvalue weighted by Crippen LogP contribution is 2.22. The van der Waals surface area contributed by atoms with Crippen molar-refractivity contribution in [3.63, 3.8) is 0 Å². The number of rotatable bonds is 15. The van der Waals surface area contributed by atoms with Gasteiger partial charge in [0, 0.05) is 11.8 Å². The van der Waals surface area contributed by atoms with Gasteiger partial charge >= 0.3 is 0 Å². The molecule has 0 saturated carbocycles. The van der Waals surface area contributed by atoms with E-state index in [4.69, 9.17) is 4.74 Å². The maximum absolute atomic E-state index is 13.8. The molecule has 2 rings (SSSR count). The predicted molar refractivity (Wildman–Crippen MR) is 126 cm³/mol. The monoisotopic (exact) mass is 413 g/mol. The van der Waals surface area contributed by atoms with Crippen molar-refractivity contribution < 1.29 is 9.13 Å². The van der Waals surface area contributed by atoms with Crippen LogP contribution in [0.25, 0.3) is 11.3 Å². The third kappa shape index (κ3) is 9.28. The van der Waals surface area contributed by atoms with Gasteiger partial charge in [0.25, 0.3) is 0 Å². The average molecular weight is 414 g/mol. The minimum Gasteiger partial charge on any atom is -0.494 e. The number of hydrogen-bond acceptors (Lipinski definition) is 2. The van der Waals surface area contributed by atoms with E-state index in [-0.39, 0.29) is 5.92 Å². The molecule has 0 radical (unpaired) electrons. The Morgan fingerprint density at radius 2 is 1.53 bits per heavy atom. The fraction of sp³-hybridized carbons (Fsp3) is 0.593. The summed E-state index contributed by atoms with van der Waals surface area (Å²) in [6.45, 7) is 6.89. The van der Waals surface area contributed by atoms with Gasteiger partial charge in [-0.25, -0.2) is 4.39 Å². The number of hydrogen-bond donors (Lipinski definition) is 0. The summed E-state index contributed by atoms with van der Waals surface area (Å²) in [5, 5.41) is 0. The Hall–Kier alpha value is -1.90. The molecular weight excluding hydrogens is 373 g/mol. The molecule has 0 saturated heterocycles. The summed E-state index contributed by atoms with van der Waals surface area (Å²) in [5.74, 6) is 0.995. The molecule has 3 heteroatoms. The molecule has 2 aromatic rings. The lowest BCUT2D eigenvalue weighted by molar-refractivity contribution is 0.240. The molecule has 2 nitrogen and oxygen atoms in total. The maximum atomic E-state index is 13.8. The van der Waals surface area contributed by atoms with Crippen molar-refractivity contribution in [1.29, 1.82) is 0 Å². The second-order valence-electron chi connectivity index (χ2n) is 8.70. The first-order valence-electron chi connectivity index (χ1n) is 11.9. The molecule has 0 aliphatic carbocycles. The standard InChI is InChI=1S/C27H40FNO/c1-4-5-6-7-8-9-10-11-20-30-25-16-14-24(15-17-25)27-19-13-23(21-29-27)12-18-26(28)22(2)3/h13-17,19,21-22,26H,4-12,18,20H2,1-3H3. The van der Waals surface area contributed by atoms with Gasteiger partial charge in [0.05, 0.1) is 12.3 Å². The summed E-state index contributed by atoms with van der Waals surface area (Å²) in [5.41, 5.74) is 3.10. The average Bonchev–Trinajstić information content (AvgIpc) is 2.77. The van der Waals surface area contributed by atoms with Crippen LogP contribution in [0.1, 0.15) is 84.1 Å². The minimum atomic E-state index is -0.747. The van der Waals surface area contributed by atoms with Crippen LogP contribution in [0, 0.1) is 5.92 Å². The van der Waals surface area contributed by atoms with E-state index in [0.717, 1.165) is 42.0 Å². The fourth-order valence-corrected chi connectivity index (χ4v) is 3.53. The first kappa shape index (κ1) is 24.4. The lowest BCUT2D eigenvalue weighted by Gasteiger charge is -2.11. The first-order chi connectivity index (χ1) is 14.6. The summed E-state index contributed by atoms with van der Waals surface area (Å²) in [6, 6.07) is 12.2. The molecule has 0 bridgehead atoms. The lowest BCUT2D eigenvalue weighted by Crippen LogP contribution is -2.10. The summed E-state index contributed by atoms with van der Waals surface area (Å²) in [4.78, 5) is 4.56. The van der Waals surface area contributed by atoms with Crippen LogP contribution in [0.15, 0.2) is 42.6 Å². The van der Waals surface area contributed by atoms with E-state index in [2.05, 4.69) is 30.1 Å². The summed E-state index contributed by atoms with van der Waals surface area (Å²) in [6.07, 6.45) is 12.9. The molecule has 1 unspecified atom stereocenters. The van der Waals surface area contributed by atoms with Gasteiger partial charge in [-0.2, -0.15) is 0 Å². The Labute approximate surface area is 183 Å². The molecule has 0 fully saturated rings. The molecule has 0 amide bonds. The SMILES string of the molecule is CCCCCCCCCCOc1ccc(-c2ccc(CCC(F)C(C)C)cn2)cc1. The first-order valence-corrected chi connectivity index (χ1v) is 11.9. The third-order valence-corrected chi connectivity index (χ3v) is 5.67. The predicted octanol–water partition coefficient (Wildman–Crippen LogP) is 8.19. The Morgan fingerprint density at radius 3 is 2.13 bits per heavy atom. The highest BCUT2D eigenvalue weighted by atomic mass is 19.1. The number of aromatic nitrogens is 1. The molecule has 0 spiro atoms. The van der Waals surface area contributed by atoms with Crippen molar-refractivity contribution >= 4 is 0 Å². The maximum Gasteiger partial charge on any atom is 0.119 e. The van der Waals surface area contributed by atoms with E-state index in [9.17, 15) is 4.39 Å². The fourth-order valence-electron chi connectivity index (χ4n) is 3.53. The minimum absolute atomic E-state index is 0.0773. The highest BCUT2D eigenvalue weighted by Gasteiger charge is 2.11. The van der Waals surface area contributed by atoms with Crippen molar-refractivity contribution in [2.45, 2.75) is 91.2 Å². The van der Waals surface area contributed by atoms with Crippen LogP contribution in [0.2, 0.25) is 0 Å². The van der Waals surface area contributed by atoms with Crippen LogP contribution in [0.3, 0.4) is 0 Å². The molecule has 1 heterocycles. The molecule has 0 aliphatic rings. The number of benzene rings is 1. The number of unbranched alkanes of at least 4 members (excludes halogenated alkanes) is 7. The van der Waals surface area contributed by atoms with Crippen LogP contribution < -0.4 is 4.74 Å². The molecular formula is C27H40FNO. The smallest absolute Gasteiger partial charge is 0.119 e. The highest BCUT2D eigenvalue weighted by molar-refractivity contribution is 5.60. The molecule has 0 aliphatic heterocycles. The van der Waals surface area contributed by atoms with E-state index >= 15 is 0 Å². The Bertz CT molecular complexity index is 681. The number of alkyl halides is 1. The van der Waals surface area contributed by atoms with Gasteiger partial charge in [-0.1, -0.05) is 71.8 Å². The summed E-state index contributed by atoms with van der Waals surface area (Å²) < 4.78 is 19.6. The van der Waals surface area contributed by atoms with Crippen molar-refractivity contribution in [2.24, 2.45) is 5.92 Å². The molecule has 30 heavy (non-hydrogen) atoms. The Morgan fingerprint density at radius 1 is 0.867 bits per heavy atom. The molecule has 0 N–H and O–H groups in total. The number of pyridine rings is 1. The zero-order chi connectivity index (χ0) is 21.6. The van der Waals surface area contributed by atoms with E-state index in [0.29, 0.717) is 6.42 Å². The summed E-state index contributed by atoms with van der Waals surface area (Å²) >= 11 is 0. The number of aryl methyl sites for hydroxylation is 1. The van der Waals surface area contributed by atoms with Crippen molar-refractivity contribution in [3.05, 3.63) is 48.2 Å². The van der Waals surface area contributed by atoms with Crippen molar-refractivity contribution in [2.75, 3.05) is 6.61 Å². The van der Waals surface area contributed by atoms with Crippen LogP contribution in [0.4, 0.5) is 4.39 Å². The van der Waals surface area contributed by atoms with E-state index in [1.165, 1.54) is 44.9 Å². The number of halogens is 1. The van der Waals surface area contributed by atoms with Gasteiger partial charge in [-0.15, -0.1) is 0 Å². The van der Waals surface area contributed by atoms with Gasteiger partial charge in [0.2, 0.25) is 0 Å². The van der Waals surface area contributed by atoms with Crippen LogP contribution in [0.5, 0.6) is 5.75 Å². The molecule has 166 valence electrons. The molecule has 1 atom stereocenters. The second kappa shape index (κ2) is 14.2. The van der Waals surface area contributed by atoms with E-state index in [1.54, 1.807) is 0 Å². The summed E-state index contributed by atoms with van der Waals surface area (Å²) in [7, 11) is 0. The Kier molecular flexibility index (Phi) is 11.5. The topological polar surface area (TPSA) is 22.1 Å². The lowest BCUT2D eigenvalue weighted by atomic mass is 10.0. The van der Waals surface area contributed by atoms with Crippen LogP contribution in [-0.2, 0) is 6.42 Å². The largest absolute Gasteiger partial charge is 0.494 e. The molecule has 1 aromatic heterocycles. The van der Waals surface area contributed by atoms with Gasteiger partial charge in [-0.3, -0.25) is 4.98 Å². The van der Waals surface area contributed by atoms with Crippen molar-refractivity contribution in [3.8, 4) is 17.0 Å². The van der Waals surface area contributed by atoms with Gasteiger partial charge in [0.15, 0.2) is 0 Å². The van der Waals surface area contributed by atoms with Gasteiger partial charge in [0.1, 0.15) is 11.9 Å². The van der Waals surface area contributed by atoms with Crippen molar-refractivity contribution in [1.82, 2.24) is 4.98 Å². The zero-order valence-electron chi connectivity index (χ0n) is 19.2. The number of nitrogens with zero attached hydrogens (tertiary/aromatic N) is 1. The van der Waals surface area contributed by atoms with Crippen LogP contribution >= 0.6 is 0 Å². The van der Waals surface area contributed by atoms with Gasteiger partial charge in [-0.05, 0) is 61.1 Å². The Balaban J connectivity index is 1.68. The van der Waals surface area contributed by atoms with Gasteiger partial charge < -0.3 is 4.74 Å². The van der Waals surface area contributed by atoms with E-state index in [1.807, 2.05) is 38.2 Å². The second-order valence-corrected chi connectivity index (χ2v) is 8.70. The van der Waals surface area contributed by atoms with E-state index < -0.39 is 6.17 Å². The normalized spacial score (nSPS) is 12.3. The number of ether oxygens (including phenoxy) is 1. The van der Waals surface area contributed by atoms with Crippen LogP contribution in [-0.4, -0.2) is 17.8 Å². The quantitative estimate of drug-likeness (QED) is 0.275.